The van der Waals surface area contributed by atoms with E-state index in [1.54, 1.807) is 0 Å². The second kappa shape index (κ2) is 24.3. The Morgan fingerprint density at radius 1 is 0.500 bits per heavy atom. The van der Waals surface area contributed by atoms with Crippen LogP contribution in [0.2, 0.25) is 0 Å². The first-order valence-electron chi connectivity index (χ1n) is 18.3. The quantitative estimate of drug-likeness (QED) is 0.0968. The van der Waals surface area contributed by atoms with Gasteiger partial charge in [-0.1, -0.05) is 25.7 Å². The molecule has 2 fully saturated rings. The topological polar surface area (TPSA) is 250 Å². The molecule has 2 heterocycles. The number of hydrogen-bond acceptors (Lipinski definition) is 19. The molecule has 0 bridgehead atoms. The van der Waals surface area contributed by atoms with Crippen molar-refractivity contribution in [3.63, 3.8) is 0 Å². The molecule has 2 saturated heterocycles. The first-order chi connectivity index (χ1) is 26.4. The van der Waals surface area contributed by atoms with Crippen LogP contribution in [-0.2, 0) is 90.5 Å². The van der Waals surface area contributed by atoms with E-state index in [9.17, 15) is 38.4 Å². The van der Waals surface area contributed by atoms with Gasteiger partial charge in [-0.2, -0.15) is 0 Å². The maximum absolute atomic E-state index is 12.4. The van der Waals surface area contributed by atoms with Gasteiger partial charge in [-0.25, -0.2) is 0 Å². The molecule has 56 heavy (non-hydrogen) atoms. The van der Waals surface area contributed by atoms with E-state index in [1.807, 2.05) is 0 Å². The predicted octanol–water partition coefficient (Wildman–Crippen LogP) is 1.10. The Labute approximate surface area is 325 Å². The third-order valence-electron chi connectivity index (χ3n) is 8.28. The number of carbonyl (C=O) groups is 8. The Bertz CT molecular complexity index is 1360. The van der Waals surface area contributed by atoms with Gasteiger partial charge < -0.3 is 57.4 Å². The van der Waals surface area contributed by atoms with E-state index in [0.29, 0.717) is 19.3 Å². The van der Waals surface area contributed by atoms with Gasteiger partial charge in [-0.15, -0.1) is 0 Å². The first kappa shape index (κ1) is 47.8. The highest BCUT2D eigenvalue weighted by atomic mass is 16.8. The minimum absolute atomic E-state index is 0.140. The highest BCUT2D eigenvalue weighted by Crippen LogP contribution is 2.32. The van der Waals surface area contributed by atoms with Gasteiger partial charge >= 0.3 is 41.8 Å². The molecule has 2 rings (SSSR count). The Hall–Kier alpha value is -4.40. The summed E-state index contributed by atoms with van der Waals surface area (Å²) >= 11 is 0. The van der Waals surface area contributed by atoms with Crippen molar-refractivity contribution in [2.75, 3.05) is 26.9 Å². The number of nitrogens with one attached hydrogen (secondary N) is 1. The van der Waals surface area contributed by atoms with Crippen molar-refractivity contribution in [1.29, 1.82) is 0 Å². The highest BCUT2D eigenvalue weighted by Gasteiger charge is 2.55. The molecule has 0 spiro atoms. The largest absolute Gasteiger partial charge is 0.469 e. The molecule has 0 unspecified atom stereocenters. The molecule has 10 atom stereocenters. The molecule has 2 aliphatic rings. The van der Waals surface area contributed by atoms with Crippen LogP contribution < -0.4 is 5.32 Å². The van der Waals surface area contributed by atoms with Gasteiger partial charge in [0.1, 0.15) is 24.9 Å². The van der Waals surface area contributed by atoms with Crippen molar-refractivity contribution in [2.45, 2.75) is 155 Å². The Balaban J connectivity index is 2.41. The van der Waals surface area contributed by atoms with Crippen molar-refractivity contribution in [3.8, 4) is 0 Å². The lowest BCUT2D eigenvalue weighted by atomic mass is 9.95. The van der Waals surface area contributed by atoms with Crippen LogP contribution in [0.1, 0.15) is 93.4 Å². The molecule has 0 aromatic rings. The normalized spacial score (nSPS) is 27.1. The van der Waals surface area contributed by atoms with Crippen LogP contribution in [0.5, 0.6) is 0 Å². The van der Waals surface area contributed by atoms with Crippen LogP contribution in [0, 0.1) is 0 Å². The molecular formula is C36H55NO19. The molecule has 20 heteroatoms. The van der Waals surface area contributed by atoms with Crippen LogP contribution >= 0.6 is 0 Å². The van der Waals surface area contributed by atoms with Crippen LogP contribution in [0.15, 0.2) is 0 Å². The van der Waals surface area contributed by atoms with Crippen LogP contribution in [-0.4, -0.2) is 136 Å². The molecule has 2 aliphatic heterocycles. The maximum atomic E-state index is 12.4. The summed E-state index contributed by atoms with van der Waals surface area (Å²) in [5.74, 6) is -5.64. The SMILES string of the molecule is COC(=O)CCCCCCCCO[C@H]1O[C@H](CO[C@H]2O[C@H](COC(C)=O)[C@H](OC(C)=O)[C@H](OC(C)=O)[C@H]2OC(C)=O)[C@@H](OC(C)=O)[C@H](OC(C)=O)[C@@H]1NC(C)=O. The monoisotopic (exact) mass is 805 g/mol. The lowest BCUT2D eigenvalue weighted by Crippen LogP contribution is -2.67. The number of methoxy groups -OCH3 is 1. The summed E-state index contributed by atoms with van der Waals surface area (Å²) in [6.45, 7) is 6.86. The lowest BCUT2D eigenvalue weighted by Gasteiger charge is -2.46. The fraction of sp³-hybridized carbons (Fsp3) is 0.778. The van der Waals surface area contributed by atoms with E-state index in [1.165, 1.54) is 14.0 Å². The van der Waals surface area contributed by atoms with Crippen molar-refractivity contribution >= 4 is 47.7 Å². The third kappa shape index (κ3) is 16.8. The smallest absolute Gasteiger partial charge is 0.305 e. The summed E-state index contributed by atoms with van der Waals surface area (Å²) in [4.78, 5) is 96.9. The fourth-order valence-electron chi connectivity index (χ4n) is 6.13. The molecule has 318 valence electrons. The van der Waals surface area contributed by atoms with Gasteiger partial charge in [0.15, 0.2) is 43.1 Å². The Morgan fingerprint density at radius 2 is 0.964 bits per heavy atom. The zero-order valence-electron chi connectivity index (χ0n) is 33.1. The molecule has 20 nitrogen and oxygen atoms in total. The average molecular weight is 806 g/mol. The van der Waals surface area contributed by atoms with Gasteiger partial charge in [0, 0.05) is 61.5 Å². The minimum atomic E-state index is -1.62. The number of rotatable bonds is 21. The molecule has 1 N–H and O–H groups in total. The number of ether oxygens (including phenoxy) is 11. The van der Waals surface area contributed by atoms with Gasteiger partial charge in [0.2, 0.25) is 5.91 Å². The third-order valence-corrected chi connectivity index (χ3v) is 8.28. The van der Waals surface area contributed by atoms with E-state index >= 15 is 0 Å². The predicted molar refractivity (Wildman–Crippen MR) is 186 cm³/mol. The van der Waals surface area contributed by atoms with Crippen LogP contribution in [0.3, 0.4) is 0 Å². The van der Waals surface area contributed by atoms with Crippen LogP contribution in [0.25, 0.3) is 0 Å². The fourth-order valence-corrected chi connectivity index (χ4v) is 6.13. The molecule has 0 aromatic heterocycles. The first-order valence-corrected chi connectivity index (χ1v) is 18.3. The number of unbranched alkanes of at least 4 members (excludes halogenated alkanes) is 5. The lowest BCUT2D eigenvalue weighted by molar-refractivity contribution is -0.325. The summed E-state index contributed by atoms with van der Waals surface area (Å²) in [6.07, 6.45) is -7.89. The molecular weight excluding hydrogens is 750 g/mol. The minimum Gasteiger partial charge on any atom is -0.469 e. The standard InChI is InChI=1S/C36H55NO19/c1-19(38)37-29-32(52-23(5)42)30(50-21(3)40)27(55-35(29)47-16-14-12-10-9-11-13-15-28(45)46-8)18-49-36-34(54-25(7)44)33(53-24(6)43)31(51-22(4)41)26(56-36)17-48-20(2)39/h26-27,29-36H,9-18H2,1-8H3,(H,37,38)/t26-,27-,29+,30-,31+,32-,33+,34-,35+,36+/m1/s1. The second-order valence-corrected chi connectivity index (χ2v) is 13.1. The van der Waals surface area contributed by atoms with E-state index in [0.717, 1.165) is 67.2 Å². The highest BCUT2D eigenvalue weighted by molar-refractivity contribution is 5.74. The van der Waals surface area contributed by atoms with E-state index in [4.69, 9.17) is 47.4 Å². The summed E-state index contributed by atoms with van der Waals surface area (Å²) in [5.41, 5.74) is 0. The summed E-state index contributed by atoms with van der Waals surface area (Å²) < 4.78 is 61.6. The molecule has 0 saturated carbocycles. The molecule has 0 aliphatic carbocycles. The van der Waals surface area contributed by atoms with Gasteiger partial charge in [0.05, 0.1) is 13.7 Å². The molecule has 0 aromatic carbocycles. The molecule has 0 radical (unpaired) electrons. The van der Waals surface area contributed by atoms with Crippen molar-refractivity contribution in [3.05, 3.63) is 0 Å². The van der Waals surface area contributed by atoms with E-state index in [-0.39, 0.29) is 12.6 Å². The average Bonchev–Trinajstić information content (AvgIpc) is 3.09. The van der Waals surface area contributed by atoms with E-state index < -0.39 is 116 Å². The Kier molecular flexibility index (Phi) is 20.7. The number of amides is 1. The number of carbonyl (C=O) groups excluding carboxylic acids is 8. The van der Waals surface area contributed by atoms with Crippen molar-refractivity contribution in [2.24, 2.45) is 0 Å². The van der Waals surface area contributed by atoms with Gasteiger partial charge in [-0.05, 0) is 12.8 Å². The maximum Gasteiger partial charge on any atom is 0.305 e. The van der Waals surface area contributed by atoms with Gasteiger partial charge in [-0.3, -0.25) is 38.4 Å². The summed E-state index contributed by atoms with van der Waals surface area (Å²) in [6, 6.07) is -1.17. The van der Waals surface area contributed by atoms with Crippen molar-refractivity contribution in [1.82, 2.24) is 5.32 Å². The zero-order valence-corrected chi connectivity index (χ0v) is 33.1. The van der Waals surface area contributed by atoms with Gasteiger partial charge in [0.25, 0.3) is 0 Å². The number of hydrogen-bond donors (Lipinski definition) is 1. The summed E-state index contributed by atoms with van der Waals surface area (Å²) in [7, 11) is 1.34. The van der Waals surface area contributed by atoms with E-state index in [2.05, 4.69) is 10.1 Å². The molecule has 1 amide bonds. The number of esters is 7. The second-order valence-electron chi connectivity index (χ2n) is 13.1. The zero-order chi connectivity index (χ0) is 41.9. The Morgan fingerprint density at radius 3 is 1.50 bits per heavy atom. The van der Waals surface area contributed by atoms with Crippen molar-refractivity contribution < 1.29 is 90.5 Å². The van der Waals surface area contributed by atoms with Crippen LogP contribution in [0.4, 0.5) is 0 Å². The summed E-state index contributed by atoms with van der Waals surface area (Å²) in [5, 5.41) is 2.66.